The Kier molecular flexibility index (Phi) is 6.79. The van der Waals surface area contributed by atoms with Crippen LogP contribution < -0.4 is 19.5 Å². The summed E-state index contributed by atoms with van der Waals surface area (Å²) < 4.78 is 16.1. The third kappa shape index (κ3) is 4.49. The smallest absolute Gasteiger partial charge is 0.259 e. The topological polar surface area (TPSA) is 97.3 Å². The van der Waals surface area contributed by atoms with Crippen LogP contribution in [0.4, 0.5) is 5.69 Å². The minimum absolute atomic E-state index is 0.248. The summed E-state index contributed by atoms with van der Waals surface area (Å²) in [5.74, 6) is 0.385. The van der Waals surface area contributed by atoms with E-state index in [1.807, 2.05) is 0 Å². The van der Waals surface area contributed by atoms with E-state index < -0.39 is 12.0 Å². The van der Waals surface area contributed by atoms with Crippen molar-refractivity contribution in [3.05, 3.63) is 47.5 Å². The number of ether oxygens (including phenoxy) is 3. The molecule has 3 rings (SSSR count). The Morgan fingerprint density at radius 3 is 2.47 bits per heavy atom. The number of rotatable bonds is 6. The Balaban J connectivity index is 1.95. The van der Waals surface area contributed by atoms with Crippen LogP contribution in [-0.2, 0) is 0 Å². The summed E-state index contributed by atoms with van der Waals surface area (Å²) in [6.07, 6.45) is 0.876. The van der Waals surface area contributed by atoms with Crippen molar-refractivity contribution in [3.63, 3.8) is 0 Å². The summed E-state index contributed by atoms with van der Waals surface area (Å²) in [5.41, 5.74) is 0.975. The number of anilines is 1. The van der Waals surface area contributed by atoms with Crippen molar-refractivity contribution in [2.24, 2.45) is 0 Å². The van der Waals surface area contributed by atoms with Gasteiger partial charge < -0.3 is 29.5 Å². The van der Waals surface area contributed by atoms with Gasteiger partial charge in [-0.05, 0) is 37.1 Å². The lowest BCUT2D eigenvalue weighted by molar-refractivity contribution is 0.0473. The van der Waals surface area contributed by atoms with E-state index in [9.17, 15) is 14.7 Å². The zero-order chi connectivity index (χ0) is 21.7. The number of carbonyl (C=O) groups excluding carboxylic acids is 2. The van der Waals surface area contributed by atoms with Crippen molar-refractivity contribution in [2.45, 2.75) is 18.9 Å². The Bertz CT molecular complexity index is 930. The molecular formula is C22H26N2O6. The molecule has 0 bridgehead atoms. The van der Waals surface area contributed by atoms with Gasteiger partial charge in [-0.15, -0.1) is 0 Å². The first-order valence-electron chi connectivity index (χ1n) is 9.66. The summed E-state index contributed by atoms with van der Waals surface area (Å²) in [7, 11) is 4.41. The number of nitrogens with zero attached hydrogens (tertiary/aromatic N) is 1. The monoisotopic (exact) mass is 414 g/mol. The Hall–Kier alpha value is -3.26. The summed E-state index contributed by atoms with van der Waals surface area (Å²) in [5, 5.41) is 12.7. The number of carbonyl (C=O) groups is 2. The maximum absolute atomic E-state index is 13.0. The molecule has 1 saturated heterocycles. The lowest BCUT2D eigenvalue weighted by Crippen LogP contribution is -2.42. The lowest BCUT2D eigenvalue weighted by Gasteiger charge is -2.30. The molecular weight excluding hydrogens is 388 g/mol. The number of methoxy groups -OCH3 is 3. The van der Waals surface area contributed by atoms with Gasteiger partial charge in [-0.25, -0.2) is 0 Å². The molecule has 0 spiro atoms. The lowest BCUT2D eigenvalue weighted by atomic mass is 10.1. The maximum atomic E-state index is 13.0. The number of nitrogens with one attached hydrogen (secondary N) is 1. The second kappa shape index (κ2) is 9.49. The summed E-state index contributed by atoms with van der Waals surface area (Å²) in [6.45, 7) is 0.837. The highest BCUT2D eigenvalue weighted by Gasteiger charge is 2.26. The SMILES string of the molecule is COc1ccccc1C(=O)Nc1cc(C(=O)N2CCCC(O)C2)cc(OC)c1OC. The number of piperidine rings is 1. The van der Waals surface area contributed by atoms with Crippen molar-refractivity contribution >= 4 is 17.5 Å². The predicted molar refractivity (Wildman–Crippen MR) is 112 cm³/mol. The van der Waals surface area contributed by atoms with Gasteiger partial charge >= 0.3 is 0 Å². The van der Waals surface area contributed by atoms with Gasteiger partial charge in [-0.1, -0.05) is 12.1 Å². The van der Waals surface area contributed by atoms with Gasteiger partial charge in [-0.2, -0.15) is 0 Å². The molecule has 2 aromatic carbocycles. The molecule has 1 aliphatic rings. The molecule has 0 radical (unpaired) electrons. The Morgan fingerprint density at radius 2 is 1.80 bits per heavy atom. The molecule has 8 nitrogen and oxygen atoms in total. The maximum Gasteiger partial charge on any atom is 0.259 e. The average Bonchev–Trinajstić information content (AvgIpc) is 2.77. The molecule has 2 aromatic rings. The van der Waals surface area contributed by atoms with Crippen LogP contribution in [0.25, 0.3) is 0 Å². The summed E-state index contributed by atoms with van der Waals surface area (Å²) in [6, 6.07) is 9.96. The van der Waals surface area contributed by atoms with E-state index in [0.717, 1.165) is 6.42 Å². The fourth-order valence-corrected chi connectivity index (χ4v) is 3.52. The van der Waals surface area contributed by atoms with Gasteiger partial charge in [0.05, 0.1) is 38.7 Å². The Morgan fingerprint density at radius 1 is 1.07 bits per heavy atom. The first-order valence-corrected chi connectivity index (χ1v) is 9.66. The minimum Gasteiger partial charge on any atom is -0.496 e. The quantitative estimate of drug-likeness (QED) is 0.754. The molecule has 30 heavy (non-hydrogen) atoms. The van der Waals surface area contributed by atoms with Crippen LogP contribution in [0.3, 0.4) is 0 Å². The predicted octanol–water partition coefficient (Wildman–Crippen LogP) is 2.56. The fraction of sp³-hybridized carbons (Fsp3) is 0.364. The highest BCUT2D eigenvalue weighted by Crippen LogP contribution is 2.37. The van der Waals surface area contributed by atoms with E-state index in [0.29, 0.717) is 47.0 Å². The van der Waals surface area contributed by atoms with Crippen molar-refractivity contribution < 1.29 is 28.9 Å². The van der Waals surface area contributed by atoms with Gasteiger partial charge in [0.15, 0.2) is 11.5 Å². The van der Waals surface area contributed by atoms with Crippen LogP contribution in [0.1, 0.15) is 33.6 Å². The second-order valence-corrected chi connectivity index (χ2v) is 6.96. The average molecular weight is 414 g/mol. The number of amides is 2. The van der Waals surface area contributed by atoms with Gasteiger partial charge in [0.1, 0.15) is 5.75 Å². The van der Waals surface area contributed by atoms with Crippen molar-refractivity contribution in [3.8, 4) is 17.2 Å². The molecule has 1 fully saturated rings. The number of hydrogen-bond acceptors (Lipinski definition) is 6. The molecule has 1 unspecified atom stereocenters. The number of β-amino-alcohol motifs (C(OH)–C–C–N with tert-alkyl or cyclic N) is 1. The number of hydrogen-bond donors (Lipinski definition) is 2. The molecule has 2 amide bonds. The zero-order valence-corrected chi connectivity index (χ0v) is 17.3. The van der Waals surface area contributed by atoms with Crippen molar-refractivity contribution in [1.29, 1.82) is 0 Å². The summed E-state index contributed by atoms with van der Waals surface area (Å²) in [4.78, 5) is 27.5. The molecule has 8 heteroatoms. The first kappa shape index (κ1) is 21.4. The van der Waals surface area contributed by atoms with Crippen molar-refractivity contribution in [1.82, 2.24) is 4.90 Å². The second-order valence-electron chi connectivity index (χ2n) is 6.96. The summed E-state index contributed by atoms with van der Waals surface area (Å²) >= 11 is 0. The van der Waals surface area contributed by atoms with Gasteiger partial charge in [0, 0.05) is 18.7 Å². The molecule has 1 atom stereocenters. The molecule has 0 aliphatic carbocycles. The van der Waals surface area contributed by atoms with Crippen LogP contribution in [0, 0.1) is 0 Å². The highest BCUT2D eigenvalue weighted by molar-refractivity contribution is 6.08. The number of likely N-dealkylation sites (tertiary alicyclic amines) is 1. The van der Waals surface area contributed by atoms with Crippen LogP contribution in [0.5, 0.6) is 17.2 Å². The van der Waals surface area contributed by atoms with E-state index in [1.165, 1.54) is 21.3 Å². The van der Waals surface area contributed by atoms with Crippen LogP contribution in [0.15, 0.2) is 36.4 Å². The molecule has 0 saturated carbocycles. The van der Waals surface area contributed by atoms with E-state index in [1.54, 1.807) is 41.3 Å². The first-order chi connectivity index (χ1) is 14.5. The molecule has 0 aromatic heterocycles. The fourth-order valence-electron chi connectivity index (χ4n) is 3.52. The van der Waals surface area contributed by atoms with Crippen molar-refractivity contribution in [2.75, 3.05) is 39.7 Å². The van der Waals surface area contributed by atoms with Gasteiger partial charge in [0.25, 0.3) is 11.8 Å². The van der Waals surface area contributed by atoms with E-state index >= 15 is 0 Å². The van der Waals surface area contributed by atoms with Gasteiger partial charge in [-0.3, -0.25) is 9.59 Å². The van der Waals surface area contributed by atoms with E-state index in [-0.39, 0.29) is 12.5 Å². The number of aliphatic hydroxyl groups is 1. The molecule has 1 heterocycles. The highest BCUT2D eigenvalue weighted by atomic mass is 16.5. The molecule has 1 aliphatic heterocycles. The Labute approximate surface area is 175 Å². The largest absolute Gasteiger partial charge is 0.496 e. The molecule has 160 valence electrons. The third-order valence-electron chi connectivity index (χ3n) is 5.01. The van der Waals surface area contributed by atoms with Gasteiger partial charge in [0.2, 0.25) is 0 Å². The van der Waals surface area contributed by atoms with E-state index in [4.69, 9.17) is 14.2 Å². The number of aliphatic hydroxyl groups excluding tert-OH is 1. The van der Waals surface area contributed by atoms with E-state index in [2.05, 4.69) is 5.32 Å². The number of para-hydroxylation sites is 1. The third-order valence-corrected chi connectivity index (χ3v) is 5.01. The zero-order valence-electron chi connectivity index (χ0n) is 17.3. The standard InChI is InChI=1S/C22H26N2O6/c1-28-18-9-5-4-8-16(18)21(26)23-17-11-14(12-19(29-2)20(17)30-3)22(27)24-10-6-7-15(25)13-24/h4-5,8-9,11-12,15,25H,6-7,10,13H2,1-3H3,(H,23,26). The van der Waals surface area contributed by atoms with Crippen LogP contribution in [-0.4, -0.2) is 62.3 Å². The minimum atomic E-state index is -0.535. The van der Waals surface area contributed by atoms with Crippen LogP contribution in [0.2, 0.25) is 0 Å². The molecule has 2 N–H and O–H groups in total. The normalized spacial score (nSPS) is 16.0. The van der Waals surface area contributed by atoms with Crippen LogP contribution >= 0.6 is 0 Å². The number of benzene rings is 2.